The van der Waals surface area contributed by atoms with E-state index in [9.17, 15) is 10.1 Å². The molecule has 192 valence electrons. The van der Waals surface area contributed by atoms with Crippen molar-refractivity contribution in [3.8, 4) is 17.6 Å². The second kappa shape index (κ2) is 12.2. The zero-order chi connectivity index (χ0) is 27.0. The first-order chi connectivity index (χ1) is 19.2. The largest absolute Gasteiger partial charge is 0.490 e. The van der Waals surface area contributed by atoms with Gasteiger partial charge in [-0.05, 0) is 72.8 Å². The molecule has 7 heteroatoms. The summed E-state index contributed by atoms with van der Waals surface area (Å²) in [4.78, 5) is 20.5. The zero-order valence-corrected chi connectivity index (χ0v) is 22.1. The van der Waals surface area contributed by atoms with E-state index in [2.05, 4.69) is 6.07 Å². The molecule has 0 aliphatic carbocycles. The summed E-state index contributed by atoms with van der Waals surface area (Å²) in [6.45, 7) is 2.60. The number of hydrogen-bond acceptors (Lipinski definition) is 6. The normalized spacial score (nSPS) is 15.0. The Morgan fingerprint density at radius 3 is 2.36 bits per heavy atom. The van der Waals surface area contributed by atoms with E-state index in [1.165, 1.54) is 11.8 Å². The number of carbonyl (C=O) groups is 1. The van der Waals surface area contributed by atoms with E-state index in [1.807, 2.05) is 110 Å². The number of amidine groups is 1. The van der Waals surface area contributed by atoms with Crippen LogP contribution in [0.1, 0.15) is 23.6 Å². The summed E-state index contributed by atoms with van der Waals surface area (Å²) in [5.41, 5.74) is 3.70. The van der Waals surface area contributed by atoms with Crippen LogP contribution in [0.3, 0.4) is 0 Å². The summed E-state index contributed by atoms with van der Waals surface area (Å²) in [5, 5.41) is 9.95. The number of benzene rings is 4. The molecule has 0 N–H and O–H groups in total. The second-order valence-electron chi connectivity index (χ2n) is 8.51. The third-order valence-electron chi connectivity index (χ3n) is 5.89. The molecule has 0 saturated carbocycles. The Morgan fingerprint density at radius 1 is 0.897 bits per heavy atom. The van der Waals surface area contributed by atoms with Crippen LogP contribution < -0.4 is 14.4 Å². The predicted octanol–water partition coefficient (Wildman–Crippen LogP) is 7.34. The number of rotatable bonds is 8. The molecule has 1 aliphatic heterocycles. The highest BCUT2D eigenvalue weighted by molar-refractivity contribution is 8.19. The first-order valence-corrected chi connectivity index (χ1v) is 13.3. The van der Waals surface area contributed by atoms with Gasteiger partial charge in [-0.2, -0.15) is 5.26 Å². The van der Waals surface area contributed by atoms with Crippen molar-refractivity contribution in [2.75, 3.05) is 11.5 Å². The zero-order valence-electron chi connectivity index (χ0n) is 21.3. The number of anilines is 1. The van der Waals surface area contributed by atoms with Gasteiger partial charge in [0.05, 0.1) is 34.5 Å². The highest BCUT2D eigenvalue weighted by Crippen LogP contribution is 2.38. The molecule has 1 aliphatic rings. The highest BCUT2D eigenvalue weighted by Gasteiger charge is 2.34. The van der Waals surface area contributed by atoms with E-state index < -0.39 is 0 Å². The minimum atomic E-state index is -0.146. The standard InChI is InChI=1S/C32H25N3O3S/c1-2-37-29-19-23(17-18-28(29)38-22-25-12-10-9-11-24(25)21-33)20-30-31(36)35(27-15-7-4-8-16-27)32(39-30)34-26-13-5-3-6-14-26/h3-20H,2,22H2,1H3/b30-20+,34-32?. The average Bonchev–Trinajstić information content (AvgIpc) is 3.27. The second-order valence-corrected chi connectivity index (χ2v) is 9.52. The quantitative estimate of drug-likeness (QED) is 0.222. The molecular weight excluding hydrogens is 506 g/mol. The number of thioether (sulfide) groups is 1. The van der Waals surface area contributed by atoms with Gasteiger partial charge in [-0.3, -0.25) is 9.69 Å². The van der Waals surface area contributed by atoms with E-state index in [0.717, 1.165) is 22.5 Å². The lowest BCUT2D eigenvalue weighted by Gasteiger charge is -2.15. The van der Waals surface area contributed by atoms with Gasteiger partial charge in [0, 0.05) is 5.56 Å². The number of nitrogens with zero attached hydrogens (tertiary/aromatic N) is 3. The lowest BCUT2D eigenvalue weighted by atomic mass is 10.1. The summed E-state index contributed by atoms with van der Waals surface area (Å²) in [6.07, 6.45) is 1.84. The molecule has 1 saturated heterocycles. The number of nitriles is 1. The number of aliphatic imine (C=N–C) groups is 1. The third-order valence-corrected chi connectivity index (χ3v) is 6.86. The van der Waals surface area contributed by atoms with Crippen molar-refractivity contribution in [2.24, 2.45) is 4.99 Å². The number of hydrogen-bond donors (Lipinski definition) is 0. The molecule has 0 atom stereocenters. The van der Waals surface area contributed by atoms with Gasteiger partial charge in [0.2, 0.25) is 0 Å². The molecule has 39 heavy (non-hydrogen) atoms. The van der Waals surface area contributed by atoms with E-state index in [1.54, 1.807) is 11.0 Å². The lowest BCUT2D eigenvalue weighted by Crippen LogP contribution is -2.28. The molecule has 5 rings (SSSR count). The van der Waals surface area contributed by atoms with Crippen molar-refractivity contribution >= 4 is 40.3 Å². The van der Waals surface area contributed by atoms with Crippen LogP contribution in [0.25, 0.3) is 6.08 Å². The summed E-state index contributed by atoms with van der Waals surface area (Å²) in [6, 6.07) is 34.2. The van der Waals surface area contributed by atoms with E-state index in [0.29, 0.717) is 33.7 Å². The molecule has 0 aromatic heterocycles. The highest BCUT2D eigenvalue weighted by atomic mass is 32.2. The maximum Gasteiger partial charge on any atom is 0.271 e. The van der Waals surface area contributed by atoms with Crippen LogP contribution in [0.5, 0.6) is 11.5 Å². The van der Waals surface area contributed by atoms with Crippen molar-refractivity contribution in [1.82, 2.24) is 0 Å². The van der Waals surface area contributed by atoms with Gasteiger partial charge < -0.3 is 9.47 Å². The molecule has 0 bridgehead atoms. The smallest absolute Gasteiger partial charge is 0.271 e. The Morgan fingerprint density at radius 2 is 1.62 bits per heavy atom. The van der Waals surface area contributed by atoms with E-state index in [4.69, 9.17) is 14.5 Å². The van der Waals surface area contributed by atoms with Crippen molar-refractivity contribution < 1.29 is 14.3 Å². The van der Waals surface area contributed by atoms with Crippen molar-refractivity contribution in [3.05, 3.63) is 125 Å². The van der Waals surface area contributed by atoms with Crippen molar-refractivity contribution in [1.29, 1.82) is 5.26 Å². The Labute approximate surface area is 231 Å². The number of amides is 1. The lowest BCUT2D eigenvalue weighted by molar-refractivity contribution is -0.113. The van der Waals surface area contributed by atoms with E-state index in [-0.39, 0.29) is 12.5 Å². The van der Waals surface area contributed by atoms with Crippen LogP contribution in [0, 0.1) is 11.3 Å². The van der Waals surface area contributed by atoms with Gasteiger partial charge in [0.15, 0.2) is 16.7 Å². The molecule has 4 aromatic rings. The molecule has 1 fully saturated rings. The van der Waals surface area contributed by atoms with Crippen LogP contribution in [0.2, 0.25) is 0 Å². The summed E-state index contributed by atoms with van der Waals surface area (Å²) >= 11 is 1.33. The third kappa shape index (κ3) is 6.03. The van der Waals surface area contributed by atoms with Crippen molar-refractivity contribution in [3.63, 3.8) is 0 Å². The van der Waals surface area contributed by atoms with Gasteiger partial charge in [-0.15, -0.1) is 0 Å². The molecule has 0 spiro atoms. The SMILES string of the molecule is CCOc1cc(/C=C2/SC(=Nc3ccccc3)N(c3ccccc3)C2=O)ccc1OCc1ccccc1C#N. The Kier molecular flexibility index (Phi) is 8.06. The number of ether oxygens (including phenoxy) is 2. The van der Waals surface area contributed by atoms with E-state index >= 15 is 0 Å². The molecule has 6 nitrogen and oxygen atoms in total. The van der Waals surface area contributed by atoms with Crippen LogP contribution in [0.15, 0.2) is 113 Å². The van der Waals surface area contributed by atoms with Gasteiger partial charge in [-0.1, -0.05) is 60.7 Å². The minimum absolute atomic E-state index is 0.146. The van der Waals surface area contributed by atoms with Gasteiger partial charge >= 0.3 is 0 Å². The fourth-order valence-electron chi connectivity index (χ4n) is 4.03. The topological polar surface area (TPSA) is 74.9 Å². The maximum atomic E-state index is 13.6. The monoisotopic (exact) mass is 531 g/mol. The first-order valence-electron chi connectivity index (χ1n) is 12.5. The Bertz CT molecular complexity index is 1580. The summed E-state index contributed by atoms with van der Waals surface area (Å²) in [5.74, 6) is 0.983. The average molecular weight is 532 g/mol. The number of para-hydroxylation sites is 2. The van der Waals surface area contributed by atoms with Crippen LogP contribution in [-0.4, -0.2) is 17.7 Å². The Balaban J connectivity index is 1.44. The molecule has 0 unspecified atom stereocenters. The predicted molar refractivity (Wildman–Crippen MR) is 156 cm³/mol. The summed E-state index contributed by atoms with van der Waals surface area (Å²) in [7, 11) is 0. The molecular formula is C32H25N3O3S. The van der Waals surface area contributed by atoms with Crippen LogP contribution in [-0.2, 0) is 11.4 Å². The summed E-state index contributed by atoms with van der Waals surface area (Å²) < 4.78 is 11.9. The molecule has 1 amide bonds. The van der Waals surface area contributed by atoms with Gasteiger partial charge in [0.1, 0.15) is 6.61 Å². The van der Waals surface area contributed by atoms with Crippen LogP contribution in [0.4, 0.5) is 11.4 Å². The van der Waals surface area contributed by atoms with Crippen LogP contribution >= 0.6 is 11.8 Å². The molecule has 4 aromatic carbocycles. The maximum absolute atomic E-state index is 13.6. The fraction of sp³-hybridized carbons (Fsp3) is 0.0938. The minimum Gasteiger partial charge on any atom is -0.490 e. The molecule has 1 heterocycles. The fourth-order valence-corrected chi connectivity index (χ4v) is 5.03. The van der Waals surface area contributed by atoms with Gasteiger partial charge in [-0.25, -0.2) is 4.99 Å². The Hall–Kier alpha value is -4.80. The number of carbonyl (C=O) groups excluding carboxylic acids is 1. The molecule has 0 radical (unpaired) electrons. The van der Waals surface area contributed by atoms with Gasteiger partial charge in [0.25, 0.3) is 5.91 Å². The first kappa shape index (κ1) is 25.8. The van der Waals surface area contributed by atoms with Crippen molar-refractivity contribution in [2.45, 2.75) is 13.5 Å².